The highest BCUT2D eigenvalue weighted by Gasteiger charge is 2.42. The number of fused-ring (bicyclic) bond motifs is 1. The van der Waals surface area contributed by atoms with E-state index in [4.69, 9.17) is 23.4 Å². The number of benzene rings is 2. The van der Waals surface area contributed by atoms with E-state index in [2.05, 4.69) is 6.07 Å². The minimum atomic E-state index is -0.695. The van der Waals surface area contributed by atoms with Crippen LogP contribution < -0.4 is 14.2 Å². The highest BCUT2D eigenvalue weighted by Crippen LogP contribution is 2.41. The number of piperidine rings is 1. The first-order chi connectivity index (χ1) is 15.6. The molecule has 0 bridgehead atoms. The fourth-order valence-corrected chi connectivity index (χ4v) is 4.30. The third kappa shape index (κ3) is 3.69. The summed E-state index contributed by atoms with van der Waals surface area (Å²) in [4.78, 5) is 14.4. The Balaban J connectivity index is 1.31. The number of carbonyl (C=O) groups excluding carboxylic acids is 1. The second-order valence-electron chi connectivity index (χ2n) is 7.99. The lowest BCUT2D eigenvalue weighted by molar-refractivity contribution is -0.225. The second kappa shape index (κ2) is 8.24. The van der Waals surface area contributed by atoms with Gasteiger partial charge in [-0.25, -0.2) is 0 Å². The summed E-state index contributed by atoms with van der Waals surface area (Å²) in [6, 6.07) is 13.5. The summed E-state index contributed by atoms with van der Waals surface area (Å²) in [5.41, 5.74) is 3.55. The number of hydrogen-bond donors (Lipinski definition) is 0. The molecule has 1 saturated heterocycles. The molecule has 3 aromatic rings. The average Bonchev–Trinajstić information content (AvgIpc) is 3.38. The molecule has 0 N–H and O–H groups in total. The number of likely N-dealkylation sites (tertiary alicyclic amines) is 1. The van der Waals surface area contributed by atoms with Crippen molar-refractivity contribution in [1.82, 2.24) is 4.90 Å². The van der Waals surface area contributed by atoms with Gasteiger partial charge in [0.1, 0.15) is 23.5 Å². The van der Waals surface area contributed by atoms with Crippen LogP contribution in [0.2, 0.25) is 0 Å². The van der Waals surface area contributed by atoms with E-state index in [0.29, 0.717) is 38.1 Å². The van der Waals surface area contributed by atoms with E-state index in [1.165, 1.54) is 12.5 Å². The molecule has 5 rings (SSSR count). The van der Waals surface area contributed by atoms with E-state index in [1.54, 1.807) is 20.3 Å². The van der Waals surface area contributed by atoms with E-state index < -0.39 is 5.79 Å². The number of amides is 1. The SMILES string of the molecule is COc1ccc(-c2ccc3c(c2)COC2(CCN(C(=O)c4ccoc4)CC2)O3)c(OC)c1. The van der Waals surface area contributed by atoms with Crippen molar-refractivity contribution < 1.29 is 28.2 Å². The van der Waals surface area contributed by atoms with Gasteiger partial charge in [0.05, 0.1) is 32.7 Å². The van der Waals surface area contributed by atoms with Crippen molar-refractivity contribution in [1.29, 1.82) is 0 Å². The minimum absolute atomic E-state index is 0.0251. The van der Waals surface area contributed by atoms with Crippen LogP contribution in [0.3, 0.4) is 0 Å². The lowest BCUT2D eigenvalue weighted by Gasteiger charge is -2.44. The fraction of sp³-hybridized carbons (Fsp3) is 0.320. The second-order valence-corrected chi connectivity index (χ2v) is 7.99. The Kier molecular flexibility index (Phi) is 5.27. The zero-order valence-corrected chi connectivity index (χ0v) is 18.1. The number of methoxy groups -OCH3 is 2. The molecule has 32 heavy (non-hydrogen) atoms. The molecule has 0 unspecified atom stereocenters. The molecule has 166 valence electrons. The predicted octanol–water partition coefficient (Wildman–Crippen LogP) is 4.51. The lowest BCUT2D eigenvalue weighted by Crippen LogP contribution is -2.52. The Morgan fingerprint density at radius 2 is 1.88 bits per heavy atom. The monoisotopic (exact) mass is 435 g/mol. The van der Waals surface area contributed by atoms with Gasteiger partial charge in [-0.1, -0.05) is 6.07 Å². The van der Waals surface area contributed by atoms with E-state index in [1.807, 2.05) is 35.2 Å². The zero-order valence-electron chi connectivity index (χ0n) is 18.1. The first-order valence-electron chi connectivity index (χ1n) is 10.6. The van der Waals surface area contributed by atoms with Crippen molar-refractivity contribution in [3.8, 4) is 28.4 Å². The molecule has 7 nitrogen and oxygen atoms in total. The van der Waals surface area contributed by atoms with Gasteiger partial charge in [0.25, 0.3) is 5.91 Å². The summed E-state index contributed by atoms with van der Waals surface area (Å²) in [6.07, 6.45) is 4.22. The summed E-state index contributed by atoms with van der Waals surface area (Å²) in [6.45, 7) is 1.60. The maximum absolute atomic E-state index is 12.6. The van der Waals surface area contributed by atoms with Crippen molar-refractivity contribution in [2.24, 2.45) is 0 Å². The number of hydrogen-bond acceptors (Lipinski definition) is 6. The smallest absolute Gasteiger partial charge is 0.257 e. The van der Waals surface area contributed by atoms with Crippen LogP contribution in [-0.2, 0) is 11.3 Å². The molecule has 1 amide bonds. The fourth-order valence-electron chi connectivity index (χ4n) is 4.30. The van der Waals surface area contributed by atoms with E-state index in [-0.39, 0.29) is 5.91 Å². The lowest BCUT2D eigenvalue weighted by atomic mass is 9.98. The van der Waals surface area contributed by atoms with E-state index in [9.17, 15) is 4.79 Å². The summed E-state index contributed by atoms with van der Waals surface area (Å²) < 4.78 is 28.4. The molecule has 1 aromatic heterocycles. The van der Waals surface area contributed by atoms with Crippen molar-refractivity contribution >= 4 is 5.91 Å². The average molecular weight is 435 g/mol. The highest BCUT2D eigenvalue weighted by molar-refractivity contribution is 5.93. The molecule has 0 radical (unpaired) electrons. The maximum Gasteiger partial charge on any atom is 0.257 e. The molecule has 2 aliphatic rings. The Morgan fingerprint density at radius 3 is 2.59 bits per heavy atom. The molecule has 0 atom stereocenters. The summed E-state index contributed by atoms with van der Waals surface area (Å²) in [5, 5.41) is 0. The molecular weight excluding hydrogens is 410 g/mol. The maximum atomic E-state index is 12.6. The van der Waals surface area contributed by atoms with Crippen LogP contribution in [0.4, 0.5) is 0 Å². The molecule has 0 aliphatic carbocycles. The Morgan fingerprint density at radius 1 is 1.03 bits per heavy atom. The van der Waals surface area contributed by atoms with Gasteiger partial charge in [-0.05, 0) is 35.9 Å². The summed E-state index contributed by atoms with van der Waals surface area (Å²) in [7, 11) is 3.28. The van der Waals surface area contributed by atoms with Gasteiger partial charge >= 0.3 is 0 Å². The van der Waals surface area contributed by atoms with Crippen molar-refractivity contribution in [2.45, 2.75) is 25.2 Å². The van der Waals surface area contributed by atoms with Crippen LogP contribution in [0.1, 0.15) is 28.8 Å². The molecule has 0 saturated carbocycles. The largest absolute Gasteiger partial charge is 0.497 e. The Labute approximate surface area is 186 Å². The van der Waals surface area contributed by atoms with Gasteiger partial charge in [-0.3, -0.25) is 4.79 Å². The molecule has 7 heteroatoms. The first-order valence-corrected chi connectivity index (χ1v) is 10.6. The van der Waals surface area contributed by atoms with Crippen molar-refractivity contribution in [2.75, 3.05) is 27.3 Å². The molecule has 1 spiro atoms. The topological polar surface area (TPSA) is 70.4 Å². The number of carbonyl (C=O) groups is 1. The van der Waals surface area contributed by atoms with Gasteiger partial charge in [-0.2, -0.15) is 0 Å². The van der Waals surface area contributed by atoms with Gasteiger partial charge in [0.2, 0.25) is 5.79 Å². The predicted molar refractivity (Wildman–Crippen MR) is 117 cm³/mol. The number of ether oxygens (including phenoxy) is 4. The van der Waals surface area contributed by atoms with Crippen molar-refractivity contribution in [3.05, 3.63) is 66.1 Å². The summed E-state index contributed by atoms with van der Waals surface area (Å²) in [5.74, 6) is 1.59. The standard InChI is InChI=1S/C25H25NO6/c1-28-20-4-5-21(23(14-20)29-2)17-3-6-22-19(13-17)16-31-25(32-22)8-10-26(11-9-25)24(27)18-7-12-30-15-18/h3-7,12-15H,8-11,16H2,1-2H3. The van der Waals surface area contributed by atoms with Crippen LogP contribution in [0.25, 0.3) is 11.1 Å². The Hall–Kier alpha value is -3.45. The van der Waals surface area contributed by atoms with E-state index in [0.717, 1.165) is 33.9 Å². The van der Waals surface area contributed by atoms with E-state index >= 15 is 0 Å². The molecule has 2 aliphatic heterocycles. The van der Waals surface area contributed by atoms with Crippen LogP contribution in [0, 0.1) is 0 Å². The molecule has 3 heterocycles. The zero-order chi connectivity index (χ0) is 22.1. The molecular formula is C25H25NO6. The minimum Gasteiger partial charge on any atom is -0.497 e. The van der Waals surface area contributed by atoms with Gasteiger partial charge in [0.15, 0.2) is 0 Å². The molecule has 1 fully saturated rings. The normalized spacial score (nSPS) is 16.9. The van der Waals surface area contributed by atoms with Crippen LogP contribution >= 0.6 is 0 Å². The Bertz CT molecular complexity index is 1120. The third-order valence-electron chi connectivity index (χ3n) is 6.15. The molecule has 2 aromatic carbocycles. The van der Waals surface area contributed by atoms with Crippen molar-refractivity contribution in [3.63, 3.8) is 0 Å². The number of nitrogens with zero attached hydrogens (tertiary/aromatic N) is 1. The highest BCUT2D eigenvalue weighted by atomic mass is 16.7. The van der Waals surface area contributed by atoms with Crippen LogP contribution in [0.5, 0.6) is 17.2 Å². The third-order valence-corrected chi connectivity index (χ3v) is 6.15. The van der Waals surface area contributed by atoms with Crippen LogP contribution in [0.15, 0.2) is 59.4 Å². The van der Waals surface area contributed by atoms with Gasteiger partial charge in [-0.15, -0.1) is 0 Å². The van der Waals surface area contributed by atoms with Gasteiger partial charge < -0.3 is 28.3 Å². The van der Waals surface area contributed by atoms with Gasteiger partial charge in [0, 0.05) is 43.1 Å². The quantitative estimate of drug-likeness (QED) is 0.601. The van der Waals surface area contributed by atoms with Crippen LogP contribution in [-0.4, -0.2) is 43.9 Å². The first kappa shape index (κ1) is 20.5. The summed E-state index contributed by atoms with van der Waals surface area (Å²) >= 11 is 0. The number of furan rings is 1. The number of rotatable bonds is 4.